The zero-order chi connectivity index (χ0) is 23.9. The van der Waals surface area contributed by atoms with Crippen molar-refractivity contribution in [1.82, 2.24) is 10.4 Å². The van der Waals surface area contributed by atoms with Crippen LogP contribution in [0, 0.1) is 6.92 Å². The molecule has 2 N–H and O–H groups in total. The maximum atomic E-state index is 13.5. The maximum Gasteiger partial charge on any atom is 0.460 e. The number of carbonyl (C=O) groups is 2. The summed E-state index contributed by atoms with van der Waals surface area (Å²) in [6.45, 7) is 1.44. The maximum absolute atomic E-state index is 13.5. The van der Waals surface area contributed by atoms with Gasteiger partial charge < -0.3 is 4.42 Å². The summed E-state index contributed by atoms with van der Waals surface area (Å²) >= 11 is 1.14. The summed E-state index contributed by atoms with van der Waals surface area (Å²) in [6, 6.07) is 0. The monoisotopic (exact) mass is 486 g/mol. The van der Waals surface area contributed by atoms with Gasteiger partial charge in [0.05, 0.1) is 5.71 Å². The molecule has 0 radical (unpaired) electrons. The van der Waals surface area contributed by atoms with E-state index in [4.69, 9.17) is 4.42 Å². The van der Waals surface area contributed by atoms with Gasteiger partial charge in [0.1, 0.15) is 5.76 Å². The third kappa shape index (κ3) is 4.08. The van der Waals surface area contributed by atoms with E-state index in [0.29, 0.717) is 12.8 Å². The van der Waals surface area contributed by atoms with Crippen molar-refractivity contribution in [1.29, 1.82) is 0 Å². The quantitative estimate of drug-likeness (QED) is 0.487. The largest absolute Gasteiger partial charge is 0.460 e. The summed E-state index contributed by atoms with van der Waals surface area (Å²) in [6.07, 6.45) is -4.50. The number of carbonyl (C=O) groups excluding carboxylic acids is 2. The average molecular weight is 486 g/mol. The number of halogens is 7. The van der Waals surface area contributed by atoms with Crippen LogP contribution in [0.5, 0.6) is 0 Å². The lowest BCUT2D eigenvalue weighted by Crippen LogP contribution is -2.58. The Hall–Kier alpha value is -2.97. The van der Waals surface area contributed by atoms with E-state index < -0.39 is 29.8 Å². The lowest BCUT2D eigenvalue weighted by atomic mass is 9.93. The number of nitrogens with one attached hydrogen (secondary N) is 2. The van der Waals surface area contributed by atoms with Gasteiger partial charge >= 0.3 is 23.9 Å². The predicted molar refractivity (Wildman–Crippen MR) is 97.1 cm³/mol. The van der Waals surface area contributed by atoms with Crippen LogP contribution in [-0.2, 0) is 11.2 Å². The molecule has 0 aromatic carbocycles. The first kappa shape index (κ1) is 23.7. The Bertz CT molecular complexity index is 1060. The number of furan rings is 1. The molecule has 0 saturated carbocycles. The summed E-state index contributed by atoms with van der Waals surface area (Å²) in [5, 5.41) is 7.70. The second-order valence-corrected chi connectivity index (χ2v) is 7.54. The molecular weight excluding hydrogens is 473 g/mol. The molecule has 15 heteroatoms. The molecule has 0 spiro atoms. The summed E-state index contributed by atoms with van der Waals surface area (Å²) in [5.74, 6) is -16.2. The molecule has 0 unspecified atom stereocenters. The van der Waals surface area contributed by atoms with Crippen LogP contribution in [0.25, 0.3) is 0 Å². The van der Waals surface area contributed by atoms with Crippen molar-refractivity contribution in [3.8, 4) is 0 Å². The number of rotatable bonds is 5. The summed E-state index contributed by atoms with van der Waals surface area (Å²) < 4.78 is 95.3. The molecule has 0 bridgehead atoms. The van der Waals surface area contributed by atoms with E-state index >= 15 is 0 Å². The van der Waals surface area contributed by atoms with Gasteiger partial charge in [0.25, 0.3) is 5.91 Å². The van der Waals surface area contributed by atoms with Crippen molar-refractivity contribution in [2.75, 3.05) is 5.32 Å². The zero-order valence-electron chi connectivity index (χ0n) is 15.9. The first-order valence-corrected chi connectivity index (χ1v) is 9.68. The van der Waals surface area contributed by atoms with Crippen molar-refractivity contribution in [2.45, 2.75) is 44.2 Å². The van der Waals surface area contributed by atoms with Gasteiger partial charge in [-0.2, -0.15) is 35.8 Å². The van der Waals surface area contributed by atoms with E-state index in [9.17, 15) is 40.3 Å². The highest BCUT2D eigenvalue weighted by Crippen LogP contribution is 2.46. The number of aryl methyl sites for hydroxylation is 1. The van der Waals surface area contributed by atoms with Crippen molar-refractivity contribution in [3.05, 3.63) is 34.2 Å². The Morgan fingerprint density at radius 2 is 1.84 bits per heavy atom. The summed E-state index contributed by atoms with van der Waals surface area (Å²) in [7, 11) is 0. The van der Waals surface area contributed by atoms with Gasteiger partial charge in [-0.3, -0.25) is 14.9 Å². The highest BCUT2D eigenvalue weighted by molar-refractivity contribution is 7.13. The van der Waals surface area contributed by atoms with E-state index in [0.717, 1.165) is 16.8 Å². The van der Waals surface area contributed by atoms with Gasteiger partial charge in [0.2, 0.25) is 0 Å². The SMILES string of the molecule is Cc1c(C(=O)Nc2nccs2)oc2c1/C(=N/NC(=O)C(F)(F)C(F)(F)C(F)(F)F)CCC2. The number of hydrogen-bond donors (Lipinski definition) is 2. The van der Waals surface area contributed by atoms with Crippen LogP contribution < -0.4 is 10.7 Å². The molecule has 0 saturated heterocycles. The van der Waals surface area contributed by atoms with Crippen molar-refractivity contribution in [2.24, 2.45) is 5.10 Å². The number of hydrazone groups is 1. The minimum Gasteiger partial charge on any atom is -0.455 e. The van der Waals surface area contributed by atoms with Gasteiger partial charge in [0, 0.05) is 29.1 Å². The first-order chi connectivity index (χ1) is 14.8. The Labute approximate surface area is 178 Å². The number of nitrogens with zero attached hydrogens (tertiary/aromatic N) is 2. The fraction of sp³-hybridized carbons (Fsp3) is 0.412. The normalized spacial score (nSPS) is 16.1. The standard InChI is InChI=1S/C17H13F7N4O3S/c1-7-10-8(27-28-13(30)15(18,19)16(20,21)17(22,23)24)3-2-4-9(10)31-11(7)12(29)26-14-25-5-6-32-14/h5-6H,2-4H2,1H3,(H,28,30)(H,25,26,29)/b27-8+. The third-order valence-corrected chi connectivity index (χ3v) is 5.20. The van der Waals surface area contributed by atoms with Crippen LogP contribution >= 0.6 is 11.3 Å². The number of fused-ring (bicyclic) bond motifs is 1. The fourth-order valence-corrected chi connectivity index (χ4v) is 3.47. The molecule has 3 rings (SSSR count). The molecule has 2 aromatic heterocycles. The average Bonchev–Trinajstić information content (AvgIpc) is 3.33. The van der Waals surface area contributed by atoms with E-state index in [-0.39, 0.29) is 39.9 Å². The molecule has 2 heterocycles. The van der Waals surface area contributed by atoms with E-state index in [1.54, 1.807) is 5.38 Å². The Morgan fingerprint density at radius 1 is 1.16 bits per heavy atom. The minimum atomic E-state index is -6.65. The molecule has 7 nitrogen and oxygen atoms in total. The second kappa shape index (κ2) is 8.18. The Morgan fingerprint density at radius 3 is 2.44 bits per heavy atom. The topological polar surface area (TPSA) is 96.6 Å². The highest BCUT2D eigenvalue weighted by Gasteiger charge is 2.76. The molecule has 1 aliphatic carbocycles. The van der Waals surface area contributed by atoms with Crippen LogP contribution in [-0.4, -0.2) is 40.5 Å². The van der Waals surface area contributed by atoms with Crippen LogP contribution in [0.1, 0.15) is 40.3 Å². The van der Waals surface area contributed by atoms with E-state index in [2.05, 4.69) is 15.4 Å². The Balaban J connectivity index is 1.85. The molecule has 0 aliphatic heterocycles. The number of hydrogen-bond acceptors (Lipinski definition) is 6. The molecule has 1 aliphatic rings. The van der Waals surface area contributed by atoms with Crippen molar-refractivity contribution >= 4 is 34.0 Å². The van der Waals surface area contributed by atoms with E-state index in [1.807, 2.05) is 0 Å². The molecule has 2 aromatic rings. The number of amides is 2. The number of aromatic nitrogens is 1. The molecule has 2 amide bonds. The minimum absolute atomic E-state index is 0.0580. The van der Waals surface area contributed by atoms with Crippen LogP contribution in [0.15, 0.2) is 21.1 Å². The first-order valence-electron chi connectivity index (χ1n) is 8.80. The number of thiazole rings is 1. The lowest BCUT2D eigenvalue weighted by molar-refractivity contribution is -0.344. The van der Waals surface area contributed by atoms with Crippen molar-refractivity contribution < 1.29 is 44.7 Å². The van der Waals surface area contributed by atoms with Gasteiger partial charge in [-0.05, 0) is 19.8 Å². The van der Waals surface area contributed by atoms with E-state index in [1.165, 1.54) is 13.1 Å². The van der Waals surface area contributed by atoms with Gasteiger partial charge in [0.15, 0.2) is 10.9 Å². The zero-order valence-corrected chi connectivity index (χ0v) is 16.8. The molecule has 0 atom stereocenters. The summed E-state index contributed by atoms with van der Waals surface area (Å²) in [4.78, 5) is 27.7. The third-order valence-electron chi connectivity index (χ3n) is 4.51. The number of alkyl halides is 7. The van der Waals surface area contributed by atoms with Crippen LogP contribution in [0.3, 0.4) is 0 Å². The second-order valence-electron chi connectivity index (χ2n) is 6.65. The smallest absolute Gasteiger partial charge is 0.455 e. The fourth-order valence-electron chi connectivity index (χ4n) is 2.94. The number of anilines is 1. The molecular formula is C17H13F7N4O3S. The molecule has 32 heavy (non-hydrogen) atoms. The van der Waals surface area contributed by atoms with Gasteiger partial charge in [-0.1, -0.05) is 0 Å². The highest BCUT2D eigenvalue weighted by atomic mass is 32.1. The lowest BCUT2D eigenvalue weighted by Gasteiger charge is -2.26. The van der Waals surface area contributed by atoms with Gasteiger partial charge in [-0.15, -0.1) is 11.3 Å². The molecule has 0 fully saturated rings. The Kier molecular flexibility index (Phi) is 6.06. The van der Waals surface area contributed by atoms with Crippen LogP contribution in [0.4, 0.5) is 35.9 Å². The predicted octanol–water partition coefficient (Wildman–Crippen LogP) is 4.29. The molecule has 174 valence electrons. The summed E-state index contributed by atoms with van der Waals surface area (Å²) in [5.41, 5.74) is 1.36. The van der Waals surface area contributed by atoms with Crippen LogP contribution in [0.2, 0.25) is 0 Å². The van der Waals surface area contributed by atoms with Crippen molar-refractivity contribution in [3.63, 3.8) is 0 Å². The van der Waals surface area contributed by atoms with Gasteiger partial charge in [-0.25, -0.2) is 10.4 Å².